The van der Waals surface area contributed by atoms with Crippen LogP contribution in [0.2, 0.25) is 0 Å². The highest BCUT2D eigenvalue weighted by Crippen LogP contribution is 2.34. The van der Waals surface area contributed by atoms with E-state index in [0.29, 0.717) is 0 Å². The van der Waals surface area contributed by atoms with E-state index in [9.17, 15) is 18.8 Å². The van der Waals surface area contributed by atoms with Crippen molar-refractivity contribution in [1.29, 1.82) is 0 Å². The molecule has 3 aromatic rings. The molecular weight excluding hydrogens is 491 g/mol. The molecule has 1 N–H and O–H groups in total. The number of anilines is 2. The lowest BCUT2D eigenvalue weighted by Gasteiger charge is -2.21. The first-order valence-corrected chi connectivity index (χ1v) is 12.9. The van der Waals surface area contributed by atoms with Crippen LogP contribution in [0, 0.1) is 19.7 Å². The number of amides is 3. The van der Waals surface area contributed by atoms with Crippen molar-refractivity contribution >= 4 is 46.3 Å². The zero-order chi connectivity index (χ0) is 26.7. The summed E-state index contributed by atoms with van der Waals surface area (Å²) in [6.45, 7) is 9.63. The summed E-state index contributed by atoms with van der Waals surface area (Å²) < 4.78 is 15.5. The minimum Gasteiger partial charge on any atom is -0.372 e. The van der Waals surface area contributed by atoms with Gasteiger partial charge in [0.25, 0.3) is 11.1 Å². The number of imide groups is 1. The van der Waals surface area contributed by atoms with Gasteiger partial charge in [0, 0.05) is 41.5 Å². The van der Waals surface area contributed by atoms with E-state index in [0.717, 1.165) is 58.1 Å². The molecule has 1 saturated heterocycles. The average Bonchev–Trinajstić information content (AvgIpc) is 3.29. The Morgan fingerprint density at radius 1 is 1.05 bits per heavy atom. The van der Waals surface area contributed by atoms with Gasteiger partial charge < -0.3 is 14.8 Å². The number of nitrogens with zero attached hydrogens (tertiary/aromatic N) is 3. The summed E-state index contributed by atoms with van der Waals surface area (Å²) in [5, 5.41) is 1.99. The minimum atomic E-state index is -0.583. The largest absolute Gasteiger partial charge is 0.372 e. The van der Waals surface area contributed by atoms with E-state index in [4.69, 9.17) is 0 Å². The predicted octanol–water partition coefficient (Wildman–Crippen LogP) is 5.75. The topological polar surface area (TPSA) is 74.7 Å². The van der Waals surface area contributed by atoms with Crippen molar-refractivity contribution in [2.24, 2.45) is 0 Å². The molecule has 2 heterocycles. The van der Waals surface area contributed by atoms with Crippen LogP contribution in [0.15, 0.2) is 59.5 Å². The van der Waals surface area contributed by atoms with Gasteiger partial charge in [-0.15, -0.1) is 0 Å². The highest BCUT2D eigenvalue weighted by Gasteiger charge is 2.36. The molecule has 0 radical (unpaired) electrons. The van der Waals surface area contributed by atoms with E-state index in [1.807, 2.05) is 19.9 Å². The molecule has 0 aliphatic carbocycles. The molecule has 7 nitrogen and oxygen atoms in total. The van der Waals surface area contributed by atoms with Crippen LogP contribution in [0.1, 0.15) is 30.8 Å². The number of aromatic nitrogens is 1. The molecule has 1 aliphatic heterocycles. The smallest absolute Gasteiger partial charge is 0.294 e. The number of aryl methyl sites for hydroxylation is 1. The molecule has 37 heavy (non-hydrogen) atoms. The first kappa shape index (κ1) is 26.2. The maximum atomic E-state index is 13.4. The Morgan fingerprint density at radius 3 is 2.41 bits per heavy atom. The highest BCUT2D eigenvalue weighted by molar-refractivity contribution is 8.18. The number of carbonyl (C=O) groups excluding carboxylic acids is 3. The fourth-order valence-electron chi connectivity index (χ4n) is 4.42. The number of benzene rings is 2. The molecule has 4 rings (SSSR count). The molecule has 0 unspecified atom stereocenters. The van der Waals surface area contributed by atoms with E-state index in [1.165, 1.54) is 24.3 Å². The third kappa shape index (κ3) is 5.61. The SMILES string of the molecule is CCN(CC)c1ccc(-n2c(C)cc(/C=C3/SC(=O)N(CC(=O)Nc4cccc(F)c4)C3=O)c2C)cc1. The zero-order valence-electron chi connectivity index (χ0n) is 21.2. The summed E-state index contributed by atoms with van der Waals surface area (Å²) in [5.74, 6) is -1.61. The molecular formula is C28H29FN4O3S. The van der Waals surface area contributed by atoms with Gasteiger partial charge in [-0.3, -0.25) is 19.3 Å². The molecule has 192 valence electrons. The third-order valence-corrected chi connectivity index (χ3v) is 7.18. The van der Waals surface area contributed by atoms with Gasteiger partial charge in [0.1, 0.15) is 12.4 Å². The van der Waals surface area contributed by atoms with Gasteiger partial charge in [-0.2, -0.15) is 0 Å². The Morgan fingerprint density at radius 2 is 1.76 bits per heavy atom. The highest BCUT2D eigenvalue weighted by atomic mass is 32.2. The molecule has 0 spiro atoms. The molecule has 9 heteroatoms. The van der Waals surface area contributed by atoms with Gasteiger partial charge in [0.2, 0.25) is 5.91 Å². The van der Waals surface area contributed by atoms with E-state index in [-0.39, 0.29) is 10.6 Å². The average molecular weight is 521 g/mol. The van der Waals surface area contributed by atoms with Crippen LogP contribution >= 0.6 is 11.8 Å². The Kier molecular flexibility index (Phi) is 7.83. The predicted molar refractivity (Wildman–Crippen MR) is 147 cm³/mol. The maximum absolute atomic E-state index is 13.4. The van der Waals surface area contributed by atoms with Gasteiger partial charge in [-0.05, 0) is 99.6 Å². The first-order chi connectivity index (χ1) is 17.7. The second-order valence-electron chi connectivity index (χ2n) is 8.68. The summed E-state index contributed by atoms with van der Waals surface area (Å²) in [4.78, 5) is 41.3. The van der Waals surface area contributed by atoms with Gasteiger partial charge in [0.15, 0.2) is 0 Å². The molecule has 3 amide bonds. The fraction of sp³-hybridized carbons (Fsp3) is 0.250. The van der Waals surface area contributed by atoms with Gasteiger partial charge in [0.05, 0.1) is 4.91 Å². The van der Waals surface area contributed by atoms with Crippen molar-refractivity contribution in [2.75, 3.05) is 29.9 Å². The quantitative estimate of drug-likeness (QED) is 0.383. The number of carbonyl (C=O) groups is 3. The second-order valence-corrected chi connectivity index (χ2v) is 9.67. The minimum absolute atomic E-state index is 0.251. The van der Waals surface area contributed by atoms with Crippen molar-refractivity contribution in [3.05, 3.63) is 82.3 Å². The number of rotatable bonds is 8. The standard InChI is InChI=1S/C28H29FN4O3S/c1-5-31(6-2)23-10-12-24(13-11-23)33-18(3)14-20(19(33)4)15-25-27(35)32(28(36)37-25)17-26(34)30-22-9-7-8-21(29)16-22/h7-16H,5-6,17H2,1-4H3,(H,30,34)/b25-15+. The lowest BCUT2D eigenvalue weighted by Crippen LogP contribution is -2.36. The van der Waals surface area contributed by atoms with Crippen LogP contribution in [0.25, 0.3) is 11.8 Å². The molecule has 2 aromatic carbocycles. The van der Waals surface area contributed by atoms with E-state index in [1.54, 1.807) is 6.08 Å². The first-order valence-electron chi connectivity index (χ1n) is 12.1. The molecule has 0 saturated carbocycles. The van der Waals surface area contributed by atoms with Crippen LogP contribution < -0.4 is 10.2 Å². The number of halogens is 1. The Hall–Kier alpha value is -3.85. The monoisotopic (exact) mass is 520 g/mol. The number of nitrogens with one attached hydrogen (secondary N) is 1. The summed E-state index contributed by atoms with van der Waals surface area (Å²) >= 11 is 0.801. The molecule has 0 atom stereocenters. The Bertz CT molecular complexity index is 1380. The summed E-state index contributed by atoms with van der Waals surface area (Å²) in [6, 6.07) is 15.7. The van der Waals surface area contributed by atoms with E-state index >= 15 is 0 Å². The van der Waals surface area contributed by atoms with Crippen LogP contribution in [0.3, 0.4) is 0 Å². The van der Waals surface area contributed by atoms with Crippen LogP contribution in [-0.4, -0.2) is 46.2 Å². The number of hydrogen-bond donors (Lipinski definition) is 1. The lowest BCUT2D eigenvalue weighted by molar-refractivity contribution is -0.127. The van der Waals surface area contributed by atoms with Crippen LogP contribution in [0.5, 0.6) is 0 Å². The van der Waals surface area contributed by atoms with Crippen molar-refractivity contribution in [1.82, 2.24) is 9.47 Å². The summed E-state index contributed by atoms with van der Waals surface area (Å²) in [7, 11) is 0. The lowest BCUT2D eigenvalue weighted by atomic mass is 10.2. The molecule has 1 aliphatic rings. The normalized spacial score (nSPS) is 14.5. The van der Waals surface area contributed by atoms with E-state index in [2.05, 4.69) is 52.9 Å². The van der Waals surface area contributed by atoms with Crippen LogP contribution in [-0.2, 0) is 9.59 Å². The number of thioether (sulfide) groups is 1. The zero-order valence-corrected chi connectivity index (χ0v) is 22.1. The third-order valence-electron chi connectivity index (χ3n) is 6.28. The maximum Gasteiger partial charge on any atom is 0.294 e. The fourth-order valence-corrected chi connectivity index (χ4v) is 5.25. The molecule has 1 aromatic heterocycles. The molecule has 1 fully saturated rings. The van der Waals surface area contributed by atoms with E-state index < -0.39 is 29.4 Å². The second kappa shape index (κ2) is 11.0. The summed E-state index contributed by atoms with van der Waals surface area (Å²) in [5.41, 5.74) is 5.17. The van der Waals surface area contributed by atoms with Gasteiger partial charge in [-0.1, -0.05) is 6.07 Å². The Labute approximate surface area is 219 Å². The van der Waals surface area contributed by atoms with Crippen molar-refractivity contribution < 1.29 is 18.8 Å². The van der Waals surface area contributed by atoms with Gasteiger partial charge in [-0.25, -0.2) is 4.39 Å². The molecule has 0 bridgehead atoms. The number of hydrogen-bond acceptors (Lipinski definition) is 5. The summed E-state index contributed by atoms with van der Waals surface area (Å²) in [6.07, 6.45) is 1.69. The Balaban J connectivity index is 1.51. The van der Waals surface area contributed by atoms with Gasteiger partial charge >= 0.3 is 0 Å². The van der Waals surface area contributed by atoms with Crippen molar-refractivity contribution in [2.45, 2.75) is 27.7 Å². The van der Waals surface area contributed by atoms with Crippen LogP contribution in [0.4, 0.5) is 20.6 Å². The van der Waals surface area contributed by atoms with Crippen molar-refractivity contribution in [3.8, 4) is 5.69 Å². The van der Waals surface area contributed by atoms with Crippen molar-refractivity contribution in [3.63, 3.8) is 0 Å².